The quantitative estimate of drug-likeness (QED) is 0.305. The minimum atomic E-state index is -2.70. The first kappa shape index (κ1) is 27.0. The van der Waals surface area contributed by atoms with E-state index in [4.69, 9.17) is 24.2 Å². The number of nitrogens with one attached hydrogen (secondary N) is 1. The van der Waals surface area contributed by atoms with Crippen molar-refractivity contribution in [3.63, 3.8) is 0 Å². The number of hydrogen-bond donors (Lipinski definition) is 2. The molecule has 1 saturated carbocycles. The zero-order valence-corrected chi connectivity index (χ0v) is 23.3. The van der Waals surface area contributed by atoms with Crippen LogP contribution >= 0.6 is 0 Å². The lowest BCUT2D eigenvalue weighted by molar-refractivity contribution is -0.106. The van der Waals surface area contributed by atoms with Crippen molar-refractivity contribution in [3.05, 3.63) is 30.4 Å². The van der Waals surface area contributed by atoms with Gasteiger partial charge in [-0.25, -0.2) is 18.4 Å². The fraction of sp³-hybridized carbons (Fsp3) is 0.481. The number of halogens is 2. The molecule has 2 N–H and O–H groups in total. The Morgan fingerprint density at radius 2 is 1.83 bits per heavy atom. The molecule has 3 aromatic heterocycles. The lowest BCUT2D eigenvalue weighted by Crippen LogP contribution is -2.37. The summed E-state index contributed by atoms with van der Waals surface area (Å²) in [5, 5.41) is 18.5. The third kappa shape index (κ3) is 4.75. The van der Waals surface area contributed by atoms with Crippen LogP contribution in [0.4, 0.5) is 26.4 Å². The summed E-state index contributed by atoms with van der Waals surface area (Å²) in [5.74, 6) is 0.0967. The van der Waals surface area contributed by atoms with E-state index in [0.717, 1.165) is 18.5 Å². The van der Waals surface area contributed by atoms with Crippen LogP contribution in [0.3, 0.4) is 0 Å². The highest BCUT2D eigenvalue weighted by Gasteiger charge is 2.47. The Bertz CT molecular complexity index is 1560. The second kappa shape index (κ2) is 10.3. The monoisotopic (exact) mass is 570 g/mol. The molecule has 0 bridgehead atoms. The van der Waals surface area contributed by atoms with Gasteiger partial charge in [0.05, 0.1) is 63.0 Å². The van der Waals surface area contributed by atoms with Gasteiger partial charge in [0.15, 0.2) is 23.0 Å². The van der Waals surface area contributed by atoms with Gasteiger partial charge in [-0.15, -0.1) is 0 Å². The minimum absolute atomic E-state index is 0.0184. The van der Waals surface area contributed by atoms with Crippen molar-refractivity contribution in [2.75, 3.05) is 44.7 Å². The number of alkyl halides is 2. The van der Waals surface area contributed by atoms with Gasteiger partial charge in [0.25, 0.3) is 5.92 Å². The molecular weight excluding hydrogens is 538 g/mol. The fourth-order valence-electron chi connectivity index (χ4n) is 5.67. The first-order valence-electron chi connectivity index (χ1n) is 13.4. The summed E-state index contributed by atoms with van der Waals surface area (Å²) in [6.45, 7) is 2.52. The molecule has 2 aliphatic rings. The molecule has 4 aromatic rings. The van der Waals surface area contributed by atoms with Crippen molar-refractivity contribution < 1.29 is 28.1 Å². The number of nitrogens with zero attached hydrogens (tertiary/aromatic N) is 7. The Labute approximate surface area is 234 Å². The molecule has 12 nitrogen and oxygen atoms in total. The molecular formula is C27H32F2N8O4. The SMILES string of the molecule is COc1cc(-n2cnc(Nc3nc(N4CCCC4CO)c4c(C)nn(C5CC(F)(F)C5)c4n3)c2)cc(OC)c1OC. The summed E-state index contributed by atoms with van der Waals surface area (Å²) >= 11 is 0. The van der Waals surface area contributed by atoms with E-state index in [2.05, 4.69) is 20.3 Å². The minimum Gasteiger partial charge on any atom is -0.493 e. The largest absolute Gasteiger partial charge is 0.493 e. The number of hydrogen-bond acceptors (Lipinski definition) is 10. The summed E-state index contributed by atoms with van der Waals surface area (Å²) in [4.78, 5) is 16.1. The molecule has 1 unspecified atom stereocenters. The summed E-state index contributed by atoms with van der Waals surface area (Å²) in [6.07, 6.45) is 4.54. The number of aliphatic hydroxyl groups excluding tert-OH is 1. The van der Waals surface area contributed by atoms with Crippen LogP contribution in [-0.4, -0.2) is 80.9 Å². The van der Waals surface area contributed by atoms with Crippen molar-refractivity contribution >= 4 is 28.6 Å². The average Bonchev–Trinajstić information content (AvgIpc) is 3.69. The lowest BCUT2D eigenvalue weighted by Gasteiger charge is -2.35. The molecule has 0 amide bonds. The van der Waals surface area contributed by atoms with Gasteiger partial charge in [0, 0.05) is 31.5 Å². The number of anilines is 3. The molecule has 0 spiro atoms. The highest BCUT2D eigenvalue weighted by atomic mass is 19.3. The van der Waals surface area contributed by atoms with Crippen molar-refractivity contribution in [2.24, 2.45) is 0 Å². The number of benzene rings is 1. The Kier molecular flexibility index (Phi) is 6.80. The van der Waals surface area contributed by atoms with Gasteiger partial charge in [-0.2, -0.15) is 15.1 Å². The van der Waals surface area contributed by atoms with E-state index in [-0.39, 0.29) is 31.4 Å². The molecule has 1 aliphatic carbocycles. The van der Waals surface area contributed by atoms with E-state index in [9.17, 15) is 13.9 Å². The lowest BCUT2D eigenvalue weighted by atomic mass is 9.88. The number of fused-ring (bicyclic) bond motifs is 1. The number of aryl methyl sites for hydroxylation is 1. The van der Waals surface area contributed by atoms with Crippen LogP contribution in [0.25, 0.3) is 16.7 Å². The van der Waals surface area contributed by atoms with E-state index in [1.807, 2.05) is 6.92 Å². The van der Waals surface area contributed by atoms with Gasteiger partial charge in [0.2, 0.25) is 11.7 Å². The first-order chi connectivity index (χ1) is 19.7. The maximum Gasteiger partial charge on any atom is 0.252 e. The summed E-state index contributed by atoms with van der Waals surface area (Å²) in [6, 6.07) is 3.04. The highest BCUT2D eigenvalue weighted by Crippen LogP contribution is 2.47. The van der Waals surface area contributed by atoms with Crippen molar-refractivity contribution in [3.8, 4) is 22.9 Å². The van der Waals surface area contributed by atoms with Gasteiger partial charge in [-0.3, -0.25) is 0 Å². The third-order valence-corrected chi connectivity index (χ3v) is 7.75. The number of aliphatic hydroxyl groups is 1. The molecule has 218 valence electrons. The van der Waals surface area contributed by atoms with Crippen LogP contribution in [0.2, 0.25) is 0 Å². The molecule has 6 rings (SSSR count). The fourth-order valence-corrected chi connectivity index (χ4v) is 5.67. The molecule has 2 fully saturated rings. The molecule has 1 aromatic carbocycles. The van der Waals surface area contributed by atoms with Gasteiger partial charge < -0.3 is 34.1 Å². The molecule has 41 heavy (non-hydrogen) atoms. The summed E-state index contributed by atoms with van der Waals surface area (Å²) < 4.78 is 47.3. The summed E-state index contributed by atoms with van der Waals surface area (Å²) in [5.41, 5.74) is 1.86. The molecule has 14 heteroatoms. The second-order valence-electron chi connectivity index (χ2n) is 10.4. The molecule has 0 radical (unpaired) electrons. The number of aromatic nitrogens is 6. The third-order valence-electron chi connectivity index (χ3n) is 7.75. The van der Waals surface area contributed by atoms with Crippen molar-refractivity contribution in [1.82, 2.24) is 29.3 Å². The zero-order chi connectivity index (χ0) is 28.9. The van der Waals surface area contributed by atoms with Crippen LogP contribution in [0.15, 0.2) is 24.7 Å². The van der Waals surface area contributed by atoms with Crippen LogP contribution < -0.4 is 24.4 Å². The maximum atomic E-state index is 13.8. The molecule has 1 atom stereocenters. The molecule has 1 saturated heterocycles. The molecule has 4 heterocycles. The van der Waals surface area contributed by atoms with Gasteiger partial charge in [-0.1, -0.05) is 0 Å². The smallest absolute Gasteiger partial charge is 0.252 e. The normalized spacial score (nSPS) is 18.5. The van der Waals surface area contributed by atoms with Crippen LogP contribution in [0, 0.1) is 6.92 Å². The standard InChI is InChI=1S/C27H32F2N8O4/c1-15-22-24(36-7-5-6-16(36)13-38)32-26(33-25(22)37(34-15)18-10-27(28,29)11-18)31-21-12-35(14-30-21)17-8-19(39-2)23(41-4)20(9-17)40-3/h8-9,12,14,16,18,38H,5-7,10-11,13H2,1-4H3,(H,31,32,33). The topological polar surface area (TPSA) is 125 Å². The highest BCUT2D eigenvalue weighted by molar-refractivity contribution is 5.91. The number of methoxy groups -OCH3 is 3. The van der Waals surface area contributed by atoms with E-state index in [1.165, 1.54) is 0 Å². The summed E-state index contributed by atoms with van der Waals surface area (Å²) in [7, 11) is 4.64. The van der Waals surface area contributed by atoms with E-state index in [1.54, 1.807) is 55.2 Å². The number of rotatable bonds is 9. The van der Waals surface area contributed by atoms with Gasteiger partial charge >= 0.3 is 0 Å². The van der Waals surface area contributed by atoms with Crippen LogP contribution in [-0.2, 0) is 0 Å². The zero-order valence-electron chi connectivity index (χ0n) is 23.3. The maximum absolute atomic E-state index is 13.8. The Morgan fingerprint density at radius 1 is 1.10 bits per heavy atom. The van der Waals surface area contributed by atoms with Gasteiger partial charge in [-0.05, 0) is 19.8 Å². The Balaban J connectivity index is 1.39. The van der Waals surface area contributed by atoms with Crippen LogP contribution in [0.5, 0.6) is 17.2 Å². The predicted molar refractivity (Wildman–Crippen MR) is 147 cm³/mol. The molecule has 1 aliphatic heterocycles. The van der Waals surface area contributed by atoms with E-state index >= 15 is 0 Å². The van der Waals surface area contributed by atoms with Gasteiger partial charge in [0.1, 0.15) is 12.1 Å². The van der Waals surface area contributed by atoms with E-state index in [0.29, 0.717) is 52.2 Å². The van der Waals surface area contributed by atoms with E-state index < -0.39 is 12.0 Å². The van der Waals surface area contributed by atoms with Crippen molar-refractivity contribution in [2.45, 2.75) is 50.6 Å². The number of ether oxygens (including phenoxy) is 3. The predicted octanol–water partition coefficient (Wildman–Crippen LogP) is 4.02. The second-order valence-corrected chi connectivity index (χ2v) is 10.4. The van der Waals surface area contributed by atoms with Crippen molar-refractivity contribution in [1.29, 1.82) is 0 Å². The Morgan fingerprint density at radius 3 is 2.46 bits per heavy atom. The Hall–Kier alpha value is -4.20. The van der Waals surface area contributed by atoms with Crippen LogP contribution in [0.1, 0.15) is 37.4 Å². The average molecular weight is 571 g/mol. The number of imidazole rings is 1. The first-order valence-corrected chi connectivity index (χ1v) is 13.4.